The second-order valence-electron chi connectivity index (χ2n) is 14.7. The second kappa shape index (κ2) is 14.3. The van der Waals surface area contributed by atoms with Crippen molar-refractivity contribution in [1.82, 2.24) is 15.0 Å². The molecule has 1 saturated carbocycles. The summed E-state index contributed by atoms with van der Waals surface area (Å²) in [6.07, 6.45) is -2.90. The van der Waals surface area contributed by atoms with Crippen molar-refractivity contribution in [3.05, 3.63) is 130 Å². The molecular weight excluding hydrogens is 763 g/mol. The fourth-order valence-corrected chi connectivity index (χ4v) is 9.52. The molecule has 4 aromatic rings. The van der Waals surface area contributed by atoms with E-state index in [0.29, 0.717) is 34.2 Å². The number of amides is 4. The van der Waals surface area contributed by atoms with Gasteiger partial charge in [0, 0.05) is 18.5 Å². The van der Waals surface area contributed by atoms with Gasteiger partial charge in [-0.25, -0.2) is 4.98 Å². The van der Waals surface area contributed by atoms with Gasteiger partial charge < -0.3 is 9.84 Å². The van der Waals surface area contributed by atoms with Crippen LogP contribution in [0.1, 0.15) is 41.1 Å². The Hall–Kier alpha value is -5.73. The van der Waals surface area contributed by atoms with Crippen LogP contribution in [-0.2, 0) is 30.8 Å². The van der Waals surface area contributed by atoms with Crippen LogP contribution in [-0.4, -0.2) is 64.0 Å². The lowest BCUT2D eigenvalue weighted by atomic mass is 9.49. The number of pyridine rings is 1. The van der Waals surface area contributed by atoms with E-state index in [9.17, 15) is 32.7 Å². The normalized spacial score (nSPS) is 25.5. The Balaban J connectivity index is 1.28. The number of alkyl halides is 3. The van der Waals surface area contributed by atoms with Crippen LogP contribution in [0.5, 0.6) is 5.75 Å². The summed E-state index contributed by atoms with van der Waals surface area (Å²) in [4.78, 5) is 62.9. The summed E-state index contributed by atoms with van der Waals surface area (Å²) >= 11 is 6.32. The number of anilines is 2. The number of nitrogens with one attached hydrogen (secondary N) is 1. The lowest BCUT2D eigenvalue weighted by Gasteiger charge is -2.50. The van der Waals surface area contributed by atoms with Crippen molar-refractivity contribution < 1.29 is 42.2 Å². The number of aliphatic hydroxyl groups excluding tert-OH is 1. The third-order valence-corrected chi connectivity index (χ3v) is 12.0. The van der Waals surface area contributed by atoms with E-state index in [0.717, 1.165) is 26.7 Å². The number of hydrogen-bond donors (Lipinski definition) is 2. The maximum absolute atomic E-state index is 15.4. The number of benzene rings is 3. The summed E-state index contributed by atoms with van der Waals surface area (Å²) in [7, 11) is 1.25. The second-order valence-corrected chi connectivity index (χ2v) is 15.1. The van der Waals surface area contributed by atoms with Crippen molar-refractivity contribution >= 4 is 46.7 Å². The predicted molar refractivity (Wildman–Crippen MR) is 202 cm³/mol. The van der Waals surface area contributed by atoms with Gasteiger partial charge in [0.2, 0.25) is 0 Å². The highest BCUT2D eigenvalue weighted by Gasteiger charge is 2.71. The number of carbonyl (C=O) groups is 4. The molecule has 4 aliphatic rings. The summed E-state index contributed by atoms with van der Waals surface area (Å²) in [5.74, 6) is -7.19. The molecule has 0 radical (unpaired) electrons. The number of para-hydroxylation sites is 1. The first kappa shape index (κ1) is 38.2. The molecule has 0 bridgehead atoms. The molecule has 1 aromatic heterocycles. The standard InChI is InChI=1S/C42H37ClF3N5O6/c1-23-12-14-25(15-13-23)48-50-38(54)30-22-29-26(35(27-10-6-7-11-32(27)57-21-20-52)41(30,40(50)56)24-8-4-3-5-9-24)16-17-28-34(29)39(55)51(37(28)53)49(2)36-31(43)18-19-33(47-36)42(44,45)46/h3-16,18-19,28-30,34-35,48,52H,17,20-22H2,1-2H3. The minimum atomic E-state index is -4.82. The Morgan fingerprint density at radius 3 is 2.33 bits per heavy atom. The van der Waals surface area contributed by atoms with E-state index < -0.39 is 76.3 Å². The molecule has 2 aliphatic heterocycles. The third-order valence-electron chi connectivity index (χ3n) is 11.7. The van der Waals surface area contributed by atoms with Gasteiger partial charge >= 0.3 is 6.18 Å². The third kappa shape index (κ3) is 6.04. The number of aliphatic hydroxyl groups is 1. The monoisotopic (exact) mass is 799 g/mol. The zero-order valence-corrected chi connectivity index (χ0v) is 31.5. The van der Waals surface area contributed by atoms with Gasteiger partial charge in [0.05, 0.1) is 40.5 Å². The molecule has 6 atom stereocenters. The van der Waals surface area contributed by atoms with Crippen molar-refractivity contribution in [3.63, 3.8) is 0 Å². The smallest absolute Gasteiger partial charge is 0.433 e. The molecule has 57 heavy (non-hydrogen) atoms. The van der Waals surface area contributed by atoms with Crippen molar-refractivity contribution in [3.8, 4) is 5.75 Å². The zero-order chi connectivity index (χ0) is 40.4. The summed E-state index contributed by atoms with van der Waals surface area (Å²) in [6.45, 7) is 1.56. The first-order valence-corrected chi connectivity index (χ1v) is 18.8. The minimum absolute atomic E-state index is 0.00610. The molecule has 0 spiro atoms. The topological polar surface area (TPSA) is 132 Å². The molecular formula is C42H37ClF3N5O6. The molecule has 4 amide bonds. The Bertz CT molecular complexity index is 2310. The molecule has 2 saturated heterocycles. The van der Waals surface area contributed by atoms with Crippen LogP contribution in [0.25, 0.3) is 0 Å². The quantitative estimate of drug-likeness (QED) is 0.145. The average molecular weight is 800 g/mol. The lowest BCUT2D eigenvalue weighted by Crippen LogP contribution is -2.53. The number of hydrogen-bond acceptors (Lipinski definition) is 9. The fourth-order valence-electron chi connectivity index (χ4n) is 9.29. The number of allylic oxidation sites excluding steroid dienone is 2. The van der Waals surface area contributed by atoms with E-state index in [2.05, 4.69) is 10.4 Å². The SMILES string of the molecule is Cc1ccc(NN2C(=O)C3CC4C(=CCC5C(=O)N(N(C)c6nc(C(F)(F)F)ccc6Cl)C(=O)C54)C(c4ccccc4OCCO)C3(c3ccccc3)C2=O)cc1. The van der Waals surface area contributed by atoms with Gasteiger partial charge in [-0.1, -0.05) is 89.5 Å². The molecule has 3 fully saturated rings. The van der Waals surface area contributed by atoms with Crippen LogP contribution in [0, 0.1) is 30.6 Å². The highest BCUT2D eigenvalue weighted by atomic mass is 35.5. The van der Waals surface area contributed by atoms with E-state index in [4.69, 9.17) is 16.3 Å². The lowest BCUT2D eigenvalue weighted by molar-refractivity contribution is -0.142. The van der Waals surface area contributed by atoms with Crippen LogP contribution < -0.4 is 15.2 Å². The minimum Gasteiger partial charge on any atom is -0.491 e. The molecule has 3 aromatic carbocycles. The molecule has 294 valence electrons. The van der Waals surface area contributed by atoms with Gasteiger partial charge in [0.15, 0.2) is 5.82 Å². The summed E-state index contributed by atoms with van der Waals surface area (Å²) in [6, 6.07) is 25.0. The number of fused-ring (bicyclic) bond motifs is 4. The van der Waals surface area contributed by atoms with E-state index in [-0.39, 0.29) is 31.1 Å². The number of rotatable bonds is 9. The van der Waals surface area contributed by atoms with E-state index in [1.54, 1.807) is 60.7 Å². The zero-order valence-electron chi connectivity index (χ0n) is 30.7. The largest absolute Gasteiger partial charge is 0.491 e. The van der Waals surface area contributed by atoms with Crippen LogP contribution in [0.4, 0.5) is 24.7 Å². The van der Waals surface area contributed by atoms with E-state index in [1.807, 2.05) is 31.2 Å². The van der Waals surface area contributed by atoms with Crippen molar-refractivity contribution in [2.45, 2.75) is 37.3 Å². The Labute approximate surface area is 330 Å². The highest BCUT2D eigenvalue weighted by molar-refractivity contribution is 6.33. The number of hydrazine groups is 2. The fraction of sp³-hybridized carbons (Fsp3) is 0.310. The molecule has 15 heteroatoms. The van der Waals surface area contributed by atoms with Crippen LogP contribution in [0.15, 0.2) is 103 Å². The van der Waals surface area contributed by atoms with E-state index >= 15 is 4.79 Å². The van der Waals surface area contributed by atoms with Gasteiger partial charge in [0.25, 0.3) is 23.6 Å². The number of ether oxygens (including phenoxy) is 1. The summed E-state index contributed by atoms with van der Waals surface area (Å²) in [5.41, 5.74) is 3.46. The number of halogens is 4. The average Bonchev–Trinajstić information content (AvgIpc) is 3.58. The van der Waals surface area contributed by atoms with Crippen molar-refractivity contribution in [2.75, 3.05) is 30.7 Å². The molecule has 2 N–H and O–H groups in total. The van der Waals surface area contributed by atoms with Crippen molar-refractivity contribution in [1.29, 1.82) is 0 Å². The number of nitrogens with zero attached hydrogens (tertiary/aromatic N) is 4. The number of aryl methyl sites for hydroxylation is 1. The van der Waals surface area contributed by atoms with Gasteiger partial charge in [0.1, 0.15) is 18.1 Å². The molecule has 6 unspecified atom stereocenters. The van der Waals surface area contributed by atoms with Crippen LogP contribution in [0.3, 0.4) is 0 Å². The molecule has 3 heterocycles. The van der Waals surface area contributed by atoms with Crippen LogP contribution >= 0.6 is 11.6 Å². The van der Waals surface area contributed by atoms with Crippen LogP contribution in [0.2, 0.25) is 5.02 Å². The van der Waals surface area contributed by atoms with E-state index in [1.165, 1.54) is 7.05 Å². The Morgan fingerprint density at radius 2 is 1.63 bits per heavy atom. The summed E-state index contributed by atoms with van der Waals surface area (Å²) in [5, 5.41) is 12.3. The maximum atomic E-state index is 15.4. The number of aromatic nitrogens is 1. The molecule has 8 rings (SSSR count). The van der Waals surface area contributed by atoms with Gasteiger partial charge in [-0.15, -0.1) is 0 Å². The molecule has 2 aliphatic carbocycles. The predicted octanol–water partition coefficient (Wildman–Crippen LogP) is 6.47. The highest BCUT2D eigenvalue weighted by Crippen LogP contribution is 2.65. The number of carbonyl (C=O) groups excluding carboxylic acids is 4. The number of imide groups is 2. The maximum Gasteiger partial charge on any atom is 0.433 e. The molecule has 11 nitrogen and oxygen atoms in total. The first-order valence-electron chi connectivity index (χ1n) is 18.4. The van der Waals surface area contributed by atoms with Gasteiger partial charge in [-0.2, -0.15) is 23.2 Å². The Kier molecular flexibility index (Phi) is 9.60. The van der Waals surface area contributed by atoms with Gasteiger partial charge in [-0.3, -0.25) is 29.6 Å². The summed E-state index contributed by atoms with van der Waals surface area (Å²) < 4.78 is 47.2. The van der Waals surface area contributed by atoms with Crippen molar-refractivity contribution in [2.24, 2.45) is 23.7 Å². The van der Waals surface area contributed by atoms with Gasteiger partial charge in [-0.05, 0) is 61.6 Å². The Morgan fingerprint density at radius 1 is 0.930 bits per heavy atom. The first-order chi connectivity index (χ1) is 27.3.